The Bertz CT molecular complexity index is 688. The highest BCUT2D eigenvalue weighted by Gasteiger charge is 2.11. The number of thiazole rings is 1. The summed E-state index contributed by atoms with van der Waals surface area (Å²) in [6.07, 6.45) is 1.89. The van der Waals surface area contributed by atoms with E-state index < -0.39 is 0 Å². The van der Waals surface area contributed by atoms with Crippen LogP contribution in [0.25, 0.3) is 10.2 Å². The van der Waals surface area contributed by atoms with Crippen LogP contribution >= 0.6 is 11.3 Å². The Morgan fingerprint density at radius 2 is 2.05 bits per heavy atom. The van der Waals surface area contributed by atoms with E-state index in [4.69, 9.17) is 4.52 Å². The second-order valence-corrected chi connectivity index (χ2v) is 6.22. The van der Waals surface area contributed by atoms with Crippen LogP contribution in [0.15, 0.2) is 28.8 Å². The van der Waals surface area contributed by atoms with Gasteiger partial charge in [-0.05, 0) is 25.6 Å². The molecular formula is C15H18N4OS. The predicted octanol–water partition coefficient (Wildman–Crippen LogP) is 3.26. The van der Waals surface area contributed by atoms with Gasteiger partial charge in [-0.3, -0.25) is 4.90 Å². The molecule has 3 aromatic rings. The van der Waals surface area contributed by atoms with E-state index in [-0.39, 0.29) is 0 Å². The van der Waals surface area contributed by atoms with E-state index in [1.165, 1.54) is 4.70 Å². The Hall–Kier alpha value is -1.79. The van der Waals surface area contributed by atoms with Crippen LogP contribution in [0.4, 0.5) is 0 Å². The molecule has 0 bridgehead atoms. The molecule has 0 radical (unpaired) electrons. The van der Waals surface area contributed by atoms with Gasteiger partial charge >= 0.3 is 0 Å². The minimum atomic E-state index is 0.645. The average molecular weight is 302 g/mol. The van der Waals surface area contributed by atoms with Crippen LogP contribution in [0, 0.1) is 0 Å². The number of nitrogens with zero attached hydrogens (tertiary/aromatic N) is 4. The molecule has 2 heterocycles. The van der Waals surface area contributed by atoms with E-state index in [1.807, 2.05) is 25.2 Å². The van der Waals surface area contributed by atoms with Crippen LogP contribution in [0.3, 0.4) is 0 Å². The smallest absolute Gasteiger partial charge is 0.240 e. The Balaban J connectivity index is 1.63. The standard InChI is InChI=1S/C15H18N4OS/c1-3-6-13-17-14(20-18-13)9-19(2)10-15-16-11-7-4-5-8-12(11)21-15/h4-5,7-8H,3,6,9-10H2,1-2H3. The van der Waals surface area contributed by atoms with Crippen LogP contribution in [0.2, 0.25) is 0 Å². The first kappa shape index (κ1) is 14.2. The molecule has 5 nitrogen and oxygen atoms in total. The van der Waals surface area contributed by atoms with E-state index in [9.17, 15) is 0 Å². The third-order valence-electron chi connectivity index (χ3n) is 3.13. The van der Waals surface area contributed by atoms with Crippen molar-refractivity contribution in [1.82, 2.24) is 20.0 Å². The third-order valence-corrected chi connectivity index (χ3v) is 4.15. The van der Waals surface area contributed by atoms with Gasteiger partial charge in [0.25, 0.3) is 0 Å². The van der Waals surface area contributed by atoms with Gasteiger partial charge in [0.05, 0.1) is 23.3 Å². The third kappa shape index (κ3) is 3.46. The van der Waals surface area contributed by atoms with Crippen molar-refractivity contribution in [2.45, 2.75) is 32.9 Å². The Morgan fingerprint density at radius 1 is 1.19 bits per heavy atom. The first-order valence-electron chi connectivity index (χ1n) is 7.09. The molecule has 1 aromatic carbocycles. The molecule has 0 saturated carbocycles. The summed E-state index contributed by atoms with van der Waals surface area (Å²) >= 11 is 1.73. The van der Waals surface area contributed by atoms with Crippen molar-refractivity contribution in [2.75, 3.05) is 7.05 Å². The summed E-state index contributed by atoms with van der Waals surface area (Å²) in [4.78, 5) is 11.2. The predicted molar refractivity (Wildman–Crippen MR) is 83.1 cm³/mol. The molecule has 110 valence electrons. The van der Waals surface area contributed by atoms with Crippen molar-refractivity contribution in [1.29, 1.82) is 0 Å². The fourth-order valence-corrected chi connectivity index (χ4v) is 3.23. The van der Waals surface area contributed by atoms with Crippen molar-refractivity contribution >= 4 is 21.6 Å². The molecule has 0 atom stereocenters. The highest BCUT2D eigenvalue weighted by atomic mass is 32.1. The molecule has 0 fully saturated rings. The average Bonchev–Trinajstić information content (AvgIpc) is 3.05. The Kier molecular flexibility index (Phi) is 4.26. The van der Waals surface area contributed by atoms with Crippen LogP contribution in [0.1, 0.15) is 30.1 Å². The second kappa shape index (κ2) is 6.32. The van der Waals surface area contributed by atoms with Gasteiger partial charge in [0.2, 0.25) is 5.89 Å². The molecule has 0 unspecified atom stereocenters. The molecule has 0 aliphatic rings. The molecule has 0 aliphatic heterocycles. The Labute approximate surface area is 127 Å². The van der Waals surface area contributed by atoms with Crippen molar-refractivity contribution in [3.8, 4) is 0 Å². The van der Waals surface area contributed by atoms with Gasteiger partial charge in [-0.25, -0.2) is 4.98 Å². The van der Waals surface area contributed by atoms with E-state index in [2.05, 4.69) is 33.0 Å². The zero-order valence-corrected chi connectivity index (χ0v) is 13.1. The fourth-order valence-electron chi connectivity index (χ4n) is 2.18. The number of benzene rings is 1. The van der Waals surface area contributed by atoms with Gasteiger partial charge < -0.3 is 4.52 Å². The molecule has 0 spiro atoms. The maximum absolute atomic E-state index is 5.26. The maximum Gasteiger partial charge on any atom is 0.240 e. The minimum Gasteiger partial charge on any atom is -0.338 e. The lowest BCUT2D eigenvalue weighted by Crippen LogP contribution is -2.17. The lowest BCUT2D eigenvalue weighted by atomic mass is 10.3. The van der Waals surface area contributed by atoms with Crippen LogP contribution in [-0.4, -0.2) is 27.1 Å². The van der Waals surface area contributed by atoms with E-state index >= 15 is 0 Å². The zero-order chi connectivity index (χ0) is 14.7. The number of fused-ring (bicyclic) bond motifs is 1. The van der Waals surface area contributed by atoms with Crippen molar-refractivity contribution in [3.05, 3.63) is 41.0 Å². The largest absolute Gasteiger partial charge is 0.338 e. The van der Waals surface area contributed by atoms with Gasteiger partial charge in [0, 0.05) is 6.42 Å². The van der Waals surface area contributed by atoms with Gasteiger partial charge in [0.1, 0.15) is 5.01 Å². The van der Waals surface area contributed by atoms with Gasteiger partial charge in [0.15, 0.2) is 5.82 Å². The summed E-state index contributed by atoms with van der Waals surface area (Å²) < 4.78 is 6.49. The lowest BCUT2D eigenvalue weighted by molar-refractivity contribution is 0.260. The molecule has 0 aliphatic carbocycles. The quantitative estimate of drug-likeness (QED) is 0.699. The molecular weight excluding hydrogens is 284 g/mol. The molecule has 2 aromatic heterocycles. The molecule has 0 N–H and O–H groups in total. The highest BCUT2D eigenvalue weighted by Crippen LogP contribution is 2.22. The summed E-state index contributed by atoms with van der Waals surface area (Å²) in [5, 5.41) is 5.08. The summed E-state index contributed by atoms with van der Waals surface area (Å²) in [7, 11) is 2.04. The number of para-hydroxylation sites is 1. The molecule has 0 amide bonds. The number of aromatic nitrogens is 3. The van der Waals surface area contributed by atoms with Crippen LogP contribution < -0.4 is 0 Å². The summed E-state index contributed by atoms with van der Waals surface area (Å²) in [5.41, 5.74) is 1.06. The second-order valence-electron chi connectivity index (χ2n) is 5.10. The lowest BCUT2D eigenvalue weighted by Gasteiger charge is -2.11. The molecule has 6 heteroatoms. The Morgan fingerprint density at radius 3 is 2.86 bits per heavy atom. The van der Waals surface area contributed by atoms with Crippen molar-refractivity contribution in [3.63, 3.8) is 0 Å². The number of hydrogen-bond donors (Lipinski definition) is 0. The highest BCUT2D eigenvalue weighted by molar-refractivity contribution is 7.18. The fraction of sp³-hybridized carbons (Fsp3) is 0.400. The van der Waals surface area contributed by atoms with E-state index in [1.54, 1.807) is 11.3 Å². The minimum absolute atomic E-state index is 0.645. The molecule has 0 saturated heterocycles. The van der Waals surface area contributed by atoms with Gasteiger partial charge in [-0.15, -0.1) is 11.3 Å². The van der Waals surface area contributed by atoms with Crippen LogP contribution in [0.5, 0.6) is 0 Å². The summed E-state index contributed by atoms with van der Waals surface area (Å²) in [6, 6.07) is 8.21. The maximum atomic E-state index is 5.26. The summed E-state index contributed by atoms with van der Waals surface area (Å²) in [5.74, 6) is 1.46. The SMILES string of the molecule is CCCc1noc(CN(C)Cc2nc3ccccc3s2)n1. The number of hydrogen-bond acceptors (Lipinski definition) is 6. The number of aryl methyl sites for hydroxylation is 1. The van der Waals surface area contributed by atoms with E-state index in [0.29, 0.717) is 12.4 Å². The zero-order valence-electron chi connectivity index (χ0n) is 12.2. The normalized spacial score (nSPS) is 11.6. The molecule has 3 rings (SSSR count). The van der Waals surface area contributed by atoms with Crippen LogP contribution in [-0.2, 0) is 19.5 Å². The number of rotatable bonds is 6. The first-order chi connectivity index (χ1) is 10.2. The monoisotopic (exact) mass is 302 g/mol. The van der Waals surface area contributed by atoms with Gasteiger partial charge in [-0.1, -0.05) is 24.2 Å². The van der Waals surface area contributed by atoms with Crippen molar-refractivity contribution < 1.29 is 4.52 Å². The molecule has 21 heavy (non-hydrogen) atoms. The van der Waals surface area contributed by atoms with E-state index in [0.717, 1.165) is 35.7 Å². The first-order valence-corrected chi connectivity index (χ1v) is 7.90. The van der Waals surface area contributed by atoms with Crippen molar-refractivity contribution in [2.24, 2.45) is 0 Å². The topological polar surface area (TPSA) is 55.1 Å². The summed E-state index contributed by atoms with van der Waals surface area (Å²) in [6.45, 7) is 3.53. The van der Waals surface area contributed by atoms with Gasteiger partial charge in [-0.2, -0.15) is 4.98 Å².